The zero-order valence-corrected chi connectivity index (χ0v) is 19.6. The lowest BCUT2D eigenvalue weighted by molar-refractivity contribution is -0.119. The van der Waals surface area contributed by atoms with Crippen molar-refractivity contribution in [2.24, 2.45) is 4.99 Å². The lowest BCUT2D eigenvalue weighted by Crippen LogP contribution is -2.47. The maximum absolute atomic E-state index is 13.3. The third-order valence-electron chi connectivity index (χ3n) is 5.78. The third kappa shape index (κ3) is 4.49. The van der Waals surface area contributed by atoms with Crippen molar-refractivity contribution in [3.8, 4) is 0 Å². The Balaban J connectivity index is 1.40. The number of rotatable bonds is 5. The van der Waals surface area contributed by atoms with Crippen LogP contribution < -0.4 is 20.4 Å². The van der Waals surface area contributed by atoms with Crippen LogP contribution in [0.15, 0.2) is 83.9 Å². The molecule has 0 unspecified atom stereocenters. The van der Waals surface area contributed by atoms with E-state index in [1.165, 1.54) is 4.90 Å². The summed E-state index contributed by atoms with van der Waals surface area (Å²) >= 11 is 0. The molecule has 3 aromatic carbocycles. The molecule has 180 valence electrons. The Bertz CT molecular complexity index is 1420. The molecule has 3 N–H and O–H groups in total. The fourth-order valence-electron chi connectivity index (χ4n) is 3.94. The van der Waals surface area contributed by atoms with E-state index in [2.05, 4.69) is 31.3 Å². The first-order valence-electron chi connectivity index (χ1n) is 11.2. The van der Waals surface area contributed by atoms with Gasteiger partial charge in [-0.15, -0.1) is 5.10 Å². The smallest absolute Gasteiger partial charge is 0.311 e. The summed E-state index contributed by atoms with van der Waals surface area (Å²) in [6.45, 7) is 0. The number of benzodiazepines with no additional fused rings is 1. The maximum Gasteiger partial charge on any atom is 0.321 e. The predicted octanol–water partition coefficient (Wildman–Crippen LogP) is 2.93. The van der Waals surface area contributed by atoms with Gasteiger partial charge in [-0.2, -0.15) is 5.21 Å². The molecule has 5 rings (SSSR count). The van der Waals surface area contributed by atoms with Gasteiger partial charge in [0, 0.05) is 36.6 Å². The number of anilines is 4. The van der Waals surface area contributed by atoms with Crippen molar-refractivity contribution in [3.05, 3.63) is 90.0 Å². The quantitative estimate of drug-likeness (QED) is 0.402. The van der Waals surface area contributed by atoms with Crippen LogP contribution in [0.25, 0.3) is 0 Å². The number of para-hydroxylation sites is 1. The van der Waals surface area contributed by atoms with Gasteiger partial charge in [-0.1, -0.05) is 59.7 Å². The molecule has 1 aliphatic rings. The van der Waals surface area contributed by atoms with Gasteiger partial charge in [0.1, 0.15) is 0 Å². The molecule has 1 atom stereocenters. The molecule has 0 radical (unpaired) electrons. The highest BCUT2D eigenvalue weighted by molar-refractivity contribution is 6.20. The number of tetrazole rings is 1. The van der Waals surface area contributed by atoms with E-state index in [-0.39, 0.29) is 5.91 Å². The number of aromatic nitrogens is 4. The minimum absolute atomic E-state index is 0.353. The van der Waals surface area contributed by atoms with Crippen molar-refractivity contribution in [2.45, 2.75) is 6.17 Å². The van der Waals surface area contributed by atoms with E-state index in [1.54, 1.807) is 37.2 Å². The first-order chi connectivity index (χ1) is 17.5. The molecule has 2 heterocycles. The van der Waals surface area contributed by atoms with Gasteiger partial charge in [-0.05, 0) is 29.5 Å². The number of benzene rings is 3. The number of H-pyrrole nitrogens is 1. The molecular weight excluding hydrogens is 458 g/mol. The lowest BCUT2D eigenvalue weighted by atomic mass is 10.0. The van der Waals surface area contributed by atoms with Crippen LogP contribution in [0.2, 0.25) is 0 Å². The van der Waals surface area contributed by atoms with E-state index in [0.717, 1.165) is 16.8 Å². The highest BCUT2D eigenvalue weighted by Gasteiger charge is 2.31. The van der Waals surface area contributed by atoms with Gasteiger partial charge in [0.25, 0.3) is 11.9 Å². The summed E-state index contributed by atoms with van der Waals surface area (Å²) in [6, 6.07) is 23.7. The summed E-state index contributed by atoms with van der Waals surface area (Å²) in [5.41, 5.74) is 4.24. The number of carbonyl (C=O) groups excluding carboxylic acids is 2. The zero-order chi connectivity index (χ0) is 25.1. The Hall–Kier alpha value is -5.06. The average molecular weight is 482 g/mol. The number of fused-ring (bicyclic) bond motifs is 1. The Labute approximate surface area is 206 Å². The van der Waals surface area contributed by atoms with Crippen LogP contribution in [-0.2, 0) is 4.79 Å². The third-order valence-corrected chi connectivity index (χ3v) is 5.78. The highest BCUT2D eigenvalue weighted by Crippen LogP contribution is 2.27. The maximum atomic E-state index is 13.3. The Kier molecular flexibility index (Phi) is 6.10. The van der Waals surface area contributed by atoms with Gasteiger partial charge >= 0.3 is 6.03 Å². The number of carbonyl (C=O) groups is 2. The number of hydrogen-bond donors (Lipinski definition) is 3. The van der Waals surface area contributed by atoms with Gasteiger partial charge in [-0.25, -0.2) is 9.79 Å². The molecule has 0 saturated carbocycles. The zero-order valence-electron chi connectivity index (χ0n) is 19.6. The highest BCUT2D eigenvalue weighted by atomic mass is 16.2. The van der Waals surface area contributed by atoms with Crippen molar-refractivity contribution in [1.82, 2.24) is 25.9 Å². The Morgan fingerprint density at radius 2 is 1.81 bits per heavy atom. The SMILES string of the molecule is CN1C(=O)[C@H](NC(=O)Nc2cccc(N(C)c3nn[nH]n3)c2)N=C(c2ccccc2)c2ccccc21. The van der Waals surface area contributed by atoms with Gasteiger partial charge in [0.05, 0.1) is 11.4 Å². The number of nitrogens with zero attached hydrogens (tertiary/aromatic N) is 6. The Morgan fingerprint density at radius 3 is 2.58 bits per heavy atom. The molecule has 0 saturated heterocycles. The number of amides is 3. The molecule has 11 heteroatoms. The second-order valence-electron chi connectivity index (χ2n) is 8.08. The summed E-state index contributed by atoms with van der Waals surface area (Å²) in [7, 11) is 3.45. The molecule has 4 aromatic rings. The van der Waals surface area contributed by atoms with Crippen molar-refractivity contribution in [1.29, 1.82) is 0 Å². The van der Waals surface area contributed by atoms with Crippen LogP contribution in [0, 0.1) is 0 Å². The summed E-state index contributed by atoms with van der Waals surface area (Å²) < 4.78 is 0. The largest absolute Gasteiger partial charge is 0.321 e. The number of aliphatic imine (C=N–C) groups is 1. The van der Waals surface area contributed by atoms with Crippen LogP contribution in [0.1, 0.15) is 11.1 Å². The number of likely N-dealkylation sites (N-methyl/N-ethyl adjacent to an activating group) is 1. The van der Waals surface area contributed by atoms with Crippen LogP contribution >= 0.6 is 0 Å². The molecule has 1 aliphatic heterocycles. The molecular formula is C25H23N9O2. The molecule has 0 fully saturated rings. The average Bonchev–Trinajstić information content (AvgIpc) is 3.42. The van der Waals surface area contributed by atoms with Crippen LogP contribution in [-0.4, -0.2) is 58.5 Å². The monoisotopic (exact) mass is 481 g/mol. The lowest BCUT2D eigenvalue weighted by Gasteiger charge is -2.21. The van der Waals surface area contributed by atoms with Crippen LogP contribution in [0.4, 0.5) is 27.8 Å². The van der Waals surface area contributed by atoms with Crippen LogP contribution in [0.5, 0.6) is 0 Å². The number of nitrogens with one attached hydrogen (secondary N) is 3. The van der Waals surface area contributed by atoms with E-state index in [0.29, 0.717) is 23.0 Å². The molecule has 0 spiro atoms. The van der Waals surface area contributed by atoms with Crippen molar-refractivity contribution >= 4 is 40.7 Å². The summed E-state index contributed by atoms with van der Waals surface area (Å²) in [5, 5.41) is 19.4. The fourth-order valence-corrected chi connectivity index (χ4v) is 3.94. The van der Waals surface area contributed by atoms with Gasteiger partial charge in [-0.3, -0.25) is 4.79 Å². The first-order valence-corrected chi connectivity index (χ1v) is 11.2. The van der Waals surface area contributed by atoms with E-state index in [9.17, 15) is 9.59 Å². The second kappa shape index (κ2) is 9.66. The molecule has 0 bridgehead atoms. The molecule has 36 heavy (non-hydrogen) atoms. The van der Waals surface area contributed by atoms with Gasteiger partial charge < -0.3 is 20.4 Å². The second-order valence-corrected chi connectivity index (χ2v) is 8.08. The minimum Gasteiger partial charge on any atom is -0.311 e. The van der Waals surface area contributed by atoms with Crippen molar-refractivity contribution in [2.75, 3.05) is 29.2 Å². The standard InChI is InChI=1S/C25H23N9O2/c1-33(24-29-31-32-30-24)18-12-8-11-17(15-18)26-25(36)28-22-23(35)34(2)20-14-7-6-13-19(20)21(27-22)16-9-4-3-5-10-16/h3-15,22H,1-2H3,(H2,26,28,36)(H,29,30,31,32)/t22-/m0/s1. The first kappa shape index (κ1) is 22.7. The topological polar surface area (TPSA) is 132 Å². The Morgan fingerprint density at radius 1 is 1.03 bits per heavy atom. The normalized spacial score (nSPS) is 14.9. The van der Waals surface area contributed by atoms with Crippen molar-refractivity contribution < 1.29 is 9.59 Å². The van der Waals surface area contributed by atoms with E-state index >= 15 is 0 Å². The minimum atomic E-state index is -1.12. The number of urea groups is 1. The van der Waals surface area contributed by atoms with E-state index < -0.39 is 12.2 Å². The molecule has 11 nitrogen and oxygen atoms in total. The van der Waals surface area contributed by atoms with Gasteiger partial charge in [0.15, 0.2) is 0 Å². The number of hydrogen-bond acceptors (Lipinski definition) is 7. The molecule has 0 aliphatic carbocycles. The number of aromatic amines is 1. The predicted molar refractivity (Wildman–Crippen MR) is 137 cm³/mol. The van der Waals surface area contributed by atoms with Crippen LogP contribution in [0.3, 0.4) is 0 Å². The van der Waals surface area contributed by atoms with E-state index in [1.807, 2.05) is 60.7 Å². The van der Waals surface area contributed by atoms with E-state index in [4.69, 9.17) is 4.99 Å². The molecule has 1 aromatic heterocycles. The van der Waals surface area contributed by atoms with Gasteiger partial charge in [0.2, 0.25) is 6.17 Å². The summed E-state index contributed by atoms with van der Waals surface area (Å²) in [6.07, 6.45) is -1.12. The summed E-state index contributed by atoms with van der Waals surface area (Å²) in [4.78, 5) is 34.2. The fraction of sp³-hybridized carbons (Fsp3) is 0.120. The summed E-state index contributed by atoms with van der Waals surface area (Å²) in [5.74, 6) is 0.0279. The molecule has 3 amide bonds. The van der Waals surface area contributed by atoms with Crippen molar-refractivity contribution in [3.63, 3.8) is 0 Å².